The van der Waals surface area contributed by atoms with E-state index in [2.05, 4.69) is 34.2 Å². The quantitative estimate of drug-likeness (QED) is 0.895. The van der Waals surface area contributed by atoms with Crippen LogP contribution in [0, 0.1) is 0 Å². The predicted molar refractivity (Wildman–Crippen MR) is 86.6 cm³/mol. The fourth-order valence-corrected chi connectivity index (χ4v) is 4.76. The van der Waals surface area contributed by atoms with Crippen LogP contribution in [0.5, 0.6) is 0 Å². The molecule has 2 unspecified atom stereocenters. The van der Waals surface area contributed by atoms with Gasteiger partial charge in [0.2, 0.25) is 0 Å². The summed E-state index contributed by atoms with van der Waals surface area (Å²) in [4.78, 5) is 0. The Labute approximate surface area is 130 Å². The van der Waals surface area contributed by atoms with Crippen molar-refractivity contribution in [3.8, 4) is 0 Å². The second-order valence-corrected chi connectivity index (χ2v) is 8.90. The third kappa shape index (κ3) is 4.06. The fraction of sp³-hybridized carbons (Fsp3) is 0.600. The number of nitrogens with one attached hydrogen (secondary N) is 1. The lowest BCUT2D eigenvalue weighted by atomic mass is 9.93. The molecular weight excluding hydrogens is 338 g/mol. The zero-order valence-corrected chi connectivity index (χ0v) is 14.4. The van der Waals surface area contributed by atoms with E-state index in [4.69, 9.17) is 0 Å². The number of rotatable bonds is 4. The summed E-state index contributed by atoms with van der Waals surface area (Å²) in [6, 6.07) is 8.66. The van der Waals surface area contributed by atoms with Crippen LogP contribution in [0.15, 0.2) is 28.7 Å². The highest BCUT2D eigenvalue weighted by molar-refractivity contribution is 9.10. The monoisotopic (exact) mass is 359 g/mol. The van der Waals surface area contributed by atoms with Gasteiger partial charge in [-0.05, 0) is 37.8 Å². The van der Waals surface area contributed by atoms with Gasteiger partial charge < -0.3 is 5.32 Å². The van der Waals surface area contributed by atoms with E-state index in [9.17, 15) is 8.42 Å². The van der Waals surface area contributed by atoms with Crippen molar-refractivity contribution in [2.24, 2.45) is 0 Å². The van der Waals surface area contributed by atoms with Gasteiger partial charge in [0.25, 0.3) is 0 Å². The van der Waals surface area contributed by atoms with E-state index >= 15 is 0 Å². The summed E-state index contributed by atoms with van der Waals surface area (Å²) in [5.74, 6) is 0. The highest BCUT2D eigenvalue weighted by Crippen LogP contribution is 2.28. The van der Waals surface area contributed by atoms with Crippen molar-refractivity contribution in [3.05, 3.63) is 34.3 Å². The molecule has 0 amide bonds. The number of hydrogen-bond donors (Lipinski definition) is 1. The van der Waals surface area contributed by atoms with Gasteiger partial charge in [0.05, 0.1) is 5.25 Å². The van der Waals surface area contributed by atoms with Gasteiger partial charge in [-0.15, -0.1) is 0 Å². The Bertz CT molecular complexity index is 559. The van der Waals surface area contributed by atoms with Crippen molar-refractivity contribution in [2.75, 3.05) is 6.26 Å². The van der Waals surface area contributed by atoms with E-state index < -0.39 is 9.84 Å². The third-order valence-electron chi connectivity index (χ3n) is 4.09. The van der Waals surface area contributed by atoms with Gasteiger partial charge in [0.15, 0.2) is 0 Å². The Balaban J connectivity index is 2.01. The van der Waals surface area contributed by atoms with Crippen LogP contribution in [0.4, 0.5) is 0 Å². The van der Waals surface area contributed by atoms with Crippen LogP contribution in [0.25, 0.3) is 0 Å². The summed E-state index contributed by atoms with van der Waals surface area (Å²) in [7, 11) is -2.92. The summed E-state index contributed by atoms with van der Waals surface area (Å²) in [6.45, 7) is 2.13. The summed E-state index contributed by atoms with van der Waals surface area (Å²) in [5, 5.41) is 3.40. The minimum Gasteiger partial charge on any atom is -0.307 e. The third-order valence-corrected chi connectivity index (χ3v) is 6.45. The van der Waals surface area contributed by atoms with Gasteiger partial charge in [-0.25, -0.2) is 8.42 Å². The lowest BCUT2D eigenvalue weighted by Crippen LogP contribution is -2.39. The fourth-order valence-electron chi connectivity index (χ4n) is 2.95. The Kier molecular flexibility index (Phi) is 5.26. The average Bonchev–Trinajstić information content (AvgIpc) is 2.38. The molecule has 0 bridgehead atoms. The molecule has 1 fully saturated rings. The molecule has 1 aliphatic rings. The lowest BCUT2D eigenvalue weighted by molar-refractivity contribution is 0.346. The molecule has 3 nitrogen and oxygen atoms in total. The van der Waals surface area contributed by atoms with Crippen LogP contribution >= 0.6 is 15.9 Å². The molecule has 0 aliphatic heterocycles. The SMILES string of the molecule is C[C@H](NC1CCCC(S(C)(=O)=O)C1)c1ccccc1Br. The van der Waals surface area contributed by atoms with Gasteiger partial charge >= 0.3 is 0 Å². The number of sulfone groups is 1. The highest BCUT2D eigenvalue weighted by atomic mass is 79.9. The molecule has 112 valence electrons. The van der Waals surface area contributed by atoms with E-state index in [-0.39, 0.29) is 17.3 Å². The molecule has 0 radical (unpaired) electrons. The van der Waals surface area contributed by atoms with Crippen molar-refractivity contribution < 1.29 is 8.42 Å². The zero-order chi connectivity index (χ0) is 14.8. The molecule has 0 saturated heterocycles. The smallest absolute Gasteiger partial charge is 0.150 e. The molecule has 3 atom stereocenters. The molecule has 0 spiro atoms. The topological polar surface area (TPSA) is 46.2 Å². The molecule has 0 aromatic heterocycles. The van der Waals surface area contributed by atoms with E-state index in [0.29, 0.717) is 0 Å². The Hall–Kier alpha value is -0.390. The first kappa shape index (κ1) is 16.0. The summed E-state index contributed by atoms with van der Waals surface area (Å²) in [5.41, 5.74) is 1.22. The molecule has 20 heavy (non-hydrogen) atoms. The van der Waals surface area contributed by atoms with Crippen LogP contribution in [0.3, 0.4) is 0 Å². The van der Waals surface area contributed by atoms with Crippen molar-refractivity contribution in [1.29, 1.82) is 0 Å². The van der Waals surface area contributed by atoms with Crippen molar-refractivity contribution >= 4 is 25.8 Å². The maximum absolute atomic E-state index is 11.7. The predicted octanol–water partition coefficient (Wildman–Crippen LogP) is 3.46. The van der Waals surface area contributed by atoms with E-state index in [1.807, 2.05) is 18.2 Å². The molecule has 1 aliphatic carbocycles. The Morgan fingerprint density at radius 3 is 2.65 bits per heavy atom. The number of halogens is 1. The maximum Gasteiger partial charge on any atom is 0.150 e. The molecular formula is C15H22BrNO2S. The maximum atomic E-state index is 11.7. The van der Waals surface area contributed by atoms with Crippen molar-refractivity contribution in [3.63, 3.8) is 0 Å². The van der Waals surface area contributed by atoms with Gasteiger partial charge in [0, 0.05) is 22.8 Å². The average molecular weight is 360 g/mol. The summed E-state index contributed by atoms with van der Waals surface area (Å²) in [6.07, 6.45) is 4.93. The second-order valence-electron chi connectivity index (χ2n) is 5.72. The largest absolute Gasteiger partial charge is 0.307 e. The number of hydrogen-bond acceptors (Lipinski definition) is 3. The molecule has 1 N–H and O–H groups in total. The Morgan fingerprint density at radius 2 is 2.00 bits per heavy atom. The minimum absolute atomic E-state index is 0.180. The van der Waals surface area contributed by atoms with Crippen LogP contribution < -0.4 is 5.32 Å². The number of benzene rings is 1. The first-order valence-corrected chi connectivity index (χ1v) is 9.82. The van der Waals surface area contributed by atoms with Crippen molar-refractivity contribution in [2.45, 2.75) is 49.9 Å². The van der Waals surface area contributed by atoms with Crippen molar-refractivity contribution in [1.82, 2.24) is 5.32 Å². The first-order chi connectivity index (χ1) is 9.38. The van der Waals surface area contributed by atoms with Crippen LogP contribution in [-0.4, -0.2) is 26.0 Å². The first-order valence-electron chi connectivity index (χ1n) is 7.07. The van der Waals surface area contributed by atoms with Crippen LogP contribution in [-0.2, 0) is 9.84 Å². The highest BCUT2D eigenvalue weighted by Gasteiger charge is 2.29. The minimum atomic E-state index is -2.92. The summed E-state index contributed by atoms with van der Waals surface area (Å²) >= 11 is 3.57. The van der Waals surface area contributed by atoms with Crippen LogP contribution in [0.1, 0.15) is 44.2 Å². The van der Waals surface area contributed by atoms with E-state index in [0.717, 1.165) is 30.2 Å². The molecule has 1 saturated carbocycles. The normalized spacial score (nSPS) is 25.4. The molecule has 5 heteroatoms. The van der Waals surface area contributed by atoms with Crippen LogP contribution in [0.2, 0.25) is 0 Å². The van der Waals surface area contributed by atoms with Gasteiger partial charge in [-0.1, -0.05) is 40.5 Å². The molecule has 0 heterocycles. The van der Waals surface area contributed by atoms with Gasteiger partial charge in [-0.3, -0.25) is 0 Å². The Morgan fingerprint density at radius 1 is 1.30 bits per heavy atom. The molecule has 1 aromatic rings. The van der Waals surface area contributed by atoms with Gasteiger partial charge in [-0.2, -0.15) is 0 Å². The van der Waals surface area contributed by atoms with E-state index in [1.165, 1.54) is 11.8 Å². The molecule has 1 aromatic carbocycles. The lowest BCUT2D eigenvalue weighted by Gasteiger charge is -2.31. The standard InChI is InChI=1S/C15H22BrNO2S/c1-11(14-8-3-4-9-15(14)16)17-12-6-5-7-13(10-12)20(2,18)19/h3-4,8-9,11-13,17H,5-7,10H2,1-2H3/t11-,12?,13?/m0/s1. The summed E-state index contributed by atoms with van der Waals surface area (Å²) < 4.78 is 24.5. The van der Waals surface area contributed by atoms with Gasteiger partial charge in [0.1, 0.15) is 9.84 Å². The zero-order valence-electron chi connectivity index (χ0n) is 12.0. The van der Waals surface area contributed by atoms with E-state index in [1.54, 1.807) is 0 Å². The second kappa shape index (κ2) is 6.58. The molecule has 2 rings (SSSR count).